The van der Waals surface area contributed by atoms with Gasteiger partial charge in [-0.1, -0.05) is 48.0 Å². The van der Waals surface area contributed by atoms with Gasteiger partial charge in [-0.25, -0.2) is 4.79 Å². The molecule has 0 aliphatic carbocycles. The highest BCUT2D eigenvalue weighted by Gasteiger charge is 2.38. The number of Topliss-reactive ketones (excluding diaryl/α,β-unsaturated/α-hetero) is 1. The van der Waals surface area contributed by atoms with Gasteiger partial charge in [-0.05, 0) is 37.3 Å². The van der Waals surface area contributed by atoms with Crippen molar-refractivity contribution in [3.05, 3.63) is 95.1 Å². The van der Waals surface area contributed by atoms with Crippen LogP contribution in [0.5, 0.6) is 11.5 Å². The molecule has 4 rings (SSSR count). The van der Waals surface area contributed by atoms with Gasteiger partial charge in [-0.15, -0.1) is 0 Å². The lowest BCUT2D eigenvalue weighted by atomic mass is 9.86. The van der Waals surface area contributed by atoms with Crippen LogP contribution in [0.1, 0.15) is 37.9 Å². The van der Waals surface area contributed by atoms with E-state index in [9.17, 15) is 9.59 Å². The third kappa shape index (κ3) is 3.92. The van der Waals surface area contributed by atoms with Crippen molar-refractivity contribution in [2.45, 2.75) is 13.0 Å². The van der Waals surface area contributed by atoms with Crippen molar-refractivity contribution in [3.63, 3.8) is 0 Å². The summed E-state index contributed by atoms with van der Waals surface area (Å²) in [5, 5.41) is 0. The smallest absolute Gasteiger partial charge is 0.337 e. The van der Waals surface area contributed by atoms with Crippen molar-refractivity contribution in [1.29, 1.82) is 0 Å². The van der Waals surface area contributed by atoms with Crippen molar-refractivity contribution in [2.24, 2.45) is 5.92 Å². The highest BCUT2D eigenvalue weighted by atomic mass is 16.5. The second-order valence-electron chi connectivity index (χ2n) is 7.24. The van der Waals surface area contributed by atoms with Crippen molar-refractivity contribution in [3.8, 4) is 11.5 Å². The molecule has 0 radical (unpaired) electrons. The number of carbonyl (C=O) groups is 2. The highest BCUT2D eigenvalue weighted by molar-refractivity contribution is 5.98. The average molecular weight is 402 g/mol. The number of ether oxygens (including phenoxy) is 3. The molecule has 0 spiro atoms. The van der Waals surface area contributed by atoms with Crippen LogP contribution in [0.15, 0.2) is 72.8 Å². The van der Waals surface area contributed by atoms with Gasteiger partial charge in [-0.2, -0.15) is 0 Å². The Morgan fingerprint density at radius 3 is 2.27 bits per heavy atom. The summed E-state index contributed by atoms with van der Waals surface area (Å²) in [5.41, 5.74) is 2.98. The monoisotopic (exact) mass is 402 g/mol. The zero-order valence-corrected chi connectivity index (χ0v) is 16.8. The van der Waals surface area contributed by atoms with Gasteiger partial charge in [0.15, 0.2) is 5.78 Å². The molecule has 0 amide bonds. The Hall–Kier alpha value is -3.60. The first kappa shape index (κ1) is 19.7. The molecule has 152 valence electrons. The maximum atomic E-state index is 13.3. The summed E-state index contributed by atoms with van der Waals surface area (Å²) in [6.07, 6.45) is -0.507. The van der Waals surface area contributed by atoms with E-state index in [1.807, 2.05) is 55.5 Å². The molecule has 2 unspecified atom stereocenters. The van der Waals surface area contributed by atoms with E-state index in [-0.39, 0.29) is 12.4 Å². The second-order valence-corrected chi connectivity index (χ2v) is 7.24. The molecule has 2 atom stereocenters. The molecule has 1 aliphatic heterocycles. The Labute approximate surface area is 175 Å². The Bertz CT molecular complexity index is 1050. The number of para-hydroxylation sites is 1. The molecule has 0 saturated carbocycles. The first-order chi connectivity index (χ1) is 14.6. The summed E-state index contributed by atoms with van der Waals surface area (Å²) < 4.78 is 16.9. The summed E-state index contributed by atoms with van der Waals surface area (Å²) in [6.45, 7) is 2.22. The van der Waals surface area contributed by atoms with Crippen molar-refractivity contribution >= 4 is 11.8 Å². The third-order valence-corrected chi connectivity index (χ3v) is 5.22. The molecule has 30 heavy (non-hydrogen) atoms. The number of hydrogen-bond acceptors (Lipinski definition) is 5. The van der Waals surface area contributed by atoms with E-state index in [4.69, 9.17) is 14.2 Å². The fourth-order valence-corrected chi connectivity index (χ4v) is 3.56. The van der Waals surface area contributed by atoms with E-state index < -0.39 is 18.0 Å². The molecule has 1 heterocycles. The first-order valence-electron chi connectivity index (χ1n) is 9.74. The molecule has 5 heteroatoms. The van der Waals surface area contributed by atoms with Crippen molar-refractivity contribution in [2.75, 3.05) is 13.7 Å². The van der Waals surface area contributed by atoms with Gasteiger partial charge in [0.1, 0.15) is 24.2 Å². The van der Waals surface area contributed by atoms with Gasteiger partial charge in [0.2, 0.25) is 0 Å². The SMILES string of the molecule is COC(=O)c1ccc(OC2c3ccccc3OCC2C(=O)c2ccc(C)cc2)cc1. The fraction of sp³-hybridized carbons (Fsp3) is 0.200. The minimum absolute atomic E-state index is 0.0271. The number of esters is 1. The van der Waals surface area contributed by atoms with Crippen LogP contribution in [0.2, 0.25) is 0 Å². The summed E-state index contributed by atoms with van der Waals surface area (Å²) in [7, 11) is 1.34. The summed E-state index contributed by atoms with van der Waals surface area (Å²) >= 11 is 0. The Balaban J connectivity index is 1.65. The second kappa shape index (κ2) is 8.41. The number of aryl methyl sites for hydroxylation is 1. The van der Waals surface area contributed by atoms with Gasteiger partial charge in [-0.3, -0.25) is 4.79 Å². The van der Waals surface area contributed by atoms with E-state index in [2.05, 4.69) is 0 Å². The number of rotatable bonds is 5. The molecule has 0 aromatic heterocycles. The first-order valence-corrected chi connectivity index (χ1v) is 9.74. The molecule has 0 N–H and O–H groups in total. The normalized spacial score (nSPS) is 17.4. The molecular formula is C25H22O5. The van der Waals surface area contributed by atoms with E-state index in [1.54, 1.807) is 24.3 Å². The molecule has 0 bridgehead atoms. The van der Waals surface area contributed by atoms with E-state index in [0.29, 0.717) is 22.6 Å². The topological polar surface area (TPSA) is 61.8 Å². The maximum Gasteiger partial charge on any atom is 0.337 e. The van der Waals surface area contributed by atoms with Gasteiger partial charge >= 0.3 is 5.97 Å². The summed E-state index contributed by atoms with van der Waals surface area (Å²) in [5.74, 6) is 0.335. The number of methoxy groups -OCH3 is 1. The number of carbonyl (C=O) groups excluding carboxylic acids is 2. The van der Waals surface area contributed by atoms with Crippen LogP contribution in [0.3, 0.4) is 0 Å². The predicted octanol–water partition coefficient (Wildman–Crippen LogP) is 4.79. The van der Waals surface area contributed by atoms with Crippen molar-refractivity contribution < 1.29 is 23.8 Å². The number of hydrogen-bond donors (Lipinski definition) is 0. The number of fused-ring (bicyclic) bond motifs is 1. The Morgan fingerprint density at radius 2 is 1.57 bits per heavy atom. The van der Waals surface area contributed by atoms with Crippen LogP contribution in [0, 0.1) is 12.8 Å². The lowest BCUT2D eigenvalue weighted by Gasteiger charge is -2.33. The van der Waals surface area contributed by atoms with Crippen LogP contribution >= 0.6 is 0 Å². The zero-order chi connectivity index (χ0) is 21.1. The van der Waals surface area contributed by atoms with Gasteiger partial charge in [0.05, 0.1) is 18.6 Å². The minimum atomic E-state index is -0.507. The largest absolute Gasteiger partial charge is 0.492 e. The number of ketones is 1. The molecule has 0 fully saturated rings. The minimum Gasteiger partial charge on any atom is -0.492 e. The standard InChI is InChI=1S/C25H22O5/c1-16-7-9-17(10-8-16)23(26)21-15-29-22-6-4-3-5-20(22)24(21)30-19-13-11-18(12-14-19)25(27)28-2/h3-14,21,24H,15H2,1-2H3. The molecule has 0 saturated heterocycles. The summed E-state index contributed by atoms with van der Waals surface area (Å²) in [6, 6.07) is 21.8. The summed E-state index contributed by atoms with van der Waals surface area (Å²) in [4.78, 5) is 25.0. The quantitative estimate of drug-likeness (QED) is 0.453. The van der Waals surface area contributed by atoms with Gasteiger partial charge in [0, 0.05) is 11.1 Å². The van der Waals surface area contributed by atoms with Crippen LogP contribution in [0.4, 0.5) is 0 Å². The van der Waals surface area contributed by atoms with E-state index in [1.165, 1.54) is 7.11 Å². The van der Waals surface area contributed by atoms with Gasteiger partial charge < -0.3 is 14.2 Å². The van der Waals surface area contributed by atoms with Crippen LogP contribution in [0.25, 0.3) is 0 Å². The molecule has 1 aliphatic rings. The van der Waals surface area contributed by atoms with Gasteiger partial charge in [0.25, 0.3) is 0 Å². The van der Waals surface area contributed by atoms with E-state index in [0.717, 1.165) is 11.1 Å². The Morgan fingerprint density at radius 1 is 0.900 bits per heavy atom. The highest BCUT2D eigenvalue weighted by Crippen LogP contribution is 2.40. The zero-order valence-electron chi connectivity index (χ0n) is 16.8. The van der Waals surface area contributed by atoms with Crippen LogP contribution < -0.4 is 9.47 Å². The molecule has 5 nitrogen and oxygen atoms in total. The van der Waals surface area contributed by atoms with Crippen LogP contribution in [-0.4, -0.2) is 25.5 Å². The number of benzene rings is 3. The lowest BCUT2D eigenvalue weighted by Crippen LogP contribution is -2.35. The fourth-order valence-electron chi connectivity index (χ4n) is 3.56. The van der Waals surface area contributed by atoms with Crippen LogP contribution in [-0.2, 0) is 4.74 Å². The Kier molecular flexibility index (Phi) is 5.53. The lowest BCUT2D eigenvalue weighted by molar-refractivity contribution is 0.0517. The maximum absolute atomic E-state index is 13.3. The molecular weight excluding hydrogens is 380 g/mol. The molecule has 3 aromatic carbocycles. The average Bonchev–Trinajstić information content (AvgIpc) is 2.79. The predicted molar refractivity (Wildman–Crippen MR) is 112 cm³/mol. The molecule has 3 aromatic rings. The third-order valence-electron chi connectivity index (χ3n) is 5.22. The van der Waals surface area contributed by atoms with E-state index >= 15 is 0 Å². The van der Waals surface area contributed by atoms with Crippen molar-refractivity contribution in [1.82, 2.24) is 0 Å².